The fourth-order valence-corrected chi connectivity index (χ4v) is 4.32. The molecule has 0 aliphatic carbocycles. The molecule has 0 radical (unpaired) electrons. The Kier molecular flexibility index (Phi) is 6.47. The van der Waals surface area contributed by atoms with Crippen LogP contribution in [-0.2, 0) is 6.54 Å². The highest BCUT2D eigenvalue weighted by Crippen LogP contribution is 2.25. The number of carbonyl (C=O) groups excluding carboxylic acids is 1. The van der Waals surface area contributed by atoms with Crippen LogP contribution in [0.3, 0.4) is 0 Å². The minimum atomic E-state index is -0.831. The molecular weight excluding hydrogens is 386 g/mol. The number of hydrogen-bond donors (Lipinski definition) is 2. The Labute approximate surface area is 176 Å². The first-order chi connectivity index (χ1) is 14.6. The van der Waals surface area contributed by atoms with E-state index in [1.807, 2.05) is 23.1 Å². The first kappa shape index (κ1) is 20.6. The fraction of sp³-hybridized carbons (Fsp3) is 0.435. The lowest BCUT2D eigenvalue weighted by Crippen LogP contribution is -2.44. The number of benzene rings is 2. The average Bonchev–Trinajstić information content (AvgIpc) is 3.39. The third kappa shape index (κ3) is 5.27. The van der Waals surface area contributed by atoms with Crippen LogP contribution < -0.4 is 15.5 Å². The number of nitrogens with one attached hydrogen (secondary N) is 2. The Morgan fingerprint density at radius 1 is 1.00 bits per heavy atom. The second kappa shape index (κ2) is 9.43. The van der Waals surface area contributed by atoms with Gasteiger partial charge in [-0.05, 0) is 36.5 Å². The van der Waals surface area contributed by atoms with Crippen molar-refractivity contribution >= 4 is 11.7 Å². The van der Waals surface area contributed by atoms with Gasteiger partial charge in [0.25, 0.3) is 0 Å². The van der Waals surface area contributed by atoms with Crippen LogP contribution in [0, 0.1) is 17.6 Å². The number of amides is 2. The maximum atomic E-state index is 13.5. The molecule has 2 atom stereocenters. The lowest BCUT2D eigenvalue weighted by molar-refractivity contribution is 0.234. The molecule has 0 saturated carbocycles. The van der Waals surface area contributed by atoms with Crippen LogP contribution in [0.2, 0.25) is 0 Å². The molecule has 4 rings (SSSR count). The maximum absolute atomic E-state index is 13.5. The van der Waals surface area contributed by atoms with Gasteiger partial charge in [0.15, 0.2) is 11.6 Å². The summed E-state index contributed by atoms with van der Waals surface area (Å²) in [5.74, 6) is -1.37. The summed E-state index contributed by atoms with van der Waals surface area (Å²) in [6.07, 6.45) is 1.86. The van der Waals surface area contributed by atoms with Crippen molar-refractivity contribution in [1.29, 1.82) is 0 Å². The van der Waals surface area contributed by atoms with Gasteiger partial charge in [-0.15, -0.1) is 0 Å². The van der Waals surface area contributed by atoms with Gasteiger partial charge in [-0.25, -0.2) is 13.6 Å². The van der Waals surface area contributed by atoms with Crippen molar-refractivity contribution in [3.05, 3.63) is 65.7 Å². The summed E-state index contributed by atoms with van der Waals surface area (Å²) in [4.78, 5) is 16.7. The minimum absolute atomic E-state index is 0.132. The average molecular weight is 415 g/mol. The van der Waals surface area contributed by atoms with E-state index in [4.69, 9.17) is 0 Å². The summed E-state index contributed by atoms with van der Waals surface area (Å²) in [6.45, 7) is 4.81. The normalized spacial score (nSPS) is 21.7. The number of hydrogen-bond acceptors (Lipinski definition) is 3. The molecule has 2 aliphatic heterocycles. The van der Waals surface area contributed by atoms with E-state index in [-0.39, 0.29) is 12.1 Å². The highest BCUT2D eigenvalue weighted by Gasteiger charge is 2.26. The van der Waals surface area contributed by atoms with Gasteiger partial charge in [-0.2, -0.15) is 0 Å². The molecule has 0 unspecified atom stereocenters. The summed E-state index contributed by atoms with van der Waals surface area (Å²) in [5.41, 5.74) is 1.97. The molecule has 30 heavy (non-hydrogen) atoms. The van der Waals surface area contributed by atoms with Crippen LogP contribution in [0.15, 0.2) is 48.5 Å². The summed E-state index contributed by atoms with van der Waals surface area (Å²) in [7, 11) is 0. The molecule has 0 bridgehead atoms. The molecule has 2 heterocycles. The Bertz CT molecular complexity index is 864. The van der Waals surface area contributed by atoms with Crippen LogP contribution in [0.1, 0.15) is 18.4 Å². The Morgan fingerprint density at radius 3 is 2.63 bits per heavy atom. The summed E-state index contributed by atoms with van der Waals surface area (Å²) in [5, 5.41) is 6.06. The van der Waals surface area contributed by atoms with Gasteiger partial charge in [0.2, 0.25) is 0 Å². The first-order valence-electron chi connectivity index (χ1n) is 10.6. The van der Waals surface area contributed by atoms with Crippen molar-refractivity contribution in [3.8, 4) is 0 Å². The molecule has 0 aromatic heterocycles. The highest BCUT2D eigenvalue weighted by molar-refractivity contribution is 5.74. The van der Waals surface area contributed by atoms with E-state index < -0.39 is 11.6 Å². The molecule has 2 saturated heterocycles. The van der Waals surface area contributed by atoms with Crippen molar-refractivity contribution in [2.24, 2.45) is 5.92 Å². The topological polar surface area (TPSA) is 47.6 Å². The van der Waals surface area contributed by atoms with E-state index in [2.05, 4.69) is 27.7 Å². The summed E-state index contributed by atoms with van der Waals surface area (Å²) in [6, 6.07) is 14.4. The zero-order valence-corrected chi connectivity index (χ0v) is 17.0. The molecule has 5 nitrogen and oxygen atoms in total. The van der Waals surface area contributed by atoms with Crippen LogP contribution in [0.4, 0.5) is 19.3 Å². The van der Waals surface area contributed by atoms with Gasteiger partial charge in [0.05, 0.1) is 0 Å². The van der Waals surface area contributed by atoms with Crippen LogP contribution in [0.25, 0.3) is 0 Å². The number of likely N-dealkylation sites (tertiary alicyclic amines) is 1. The standard InChI is InChI=1S/C23H28F2N4O/c24-21-7-6-20(12-22(21)25)29-11-8-18(15-29)13-26-23(30)27-19-9-10-28(16-19)14-17-4-2-1-3-5-17/h1-7,12,18-19H,8-11,13-16H2,(H2,26,27,30)/t18-,19+/m1/s1. The second-order valence-electron chi connectivity index (χ2n) is 8.26. The van der Waals surface area contributed by atoms with E-state index in [1.54, 1.807) is 6.07 Å². The Balaban J connectivity index is 1.17. The highest BCUT2D eigenvalue weighted by atomic mass is 19.2. The lowest BCUT2D eigenvalue weighted by atomic mass is 10.1. The Hall–Kier alpha value is -2.67. The fourth-order valence-electron chi connectivity index (χ4n) is 4.32. The van der Waals surface area contributed by atoms with Gasteiger partial charge in [-0.3, -0.25) is 4.90 Å². The number of nitrogens with zero attached hydrogens (tertiary/aromatic N) is 2. The van der Waals surface area contributed by atoms with E-state index in [9.17, 15) is 13.6 Å². The van der Waals surface area contributed by atoms with E-state index >= 15 is 0 Å². The number of carbonyl (C=O) groups is 1. The second-order valence-corrected chi connectivity index (χ2v) is 8.26. The van der Waals surface area contributed by atoms with Crippen molar-refractivity contribution in [3.63, 3.8) is 0 Å². The molecule has 2 aliphatic rings. The summed E-state index contributed by atoms with van der Waals surface area (Å²) < 4.78 is 26.6. The minimum Gasteiger partial charge on any atom is -0.371 e. The number of urea groups is 1. The molecule has 7 heteroatoms. The predicted octanol–water partition coefficient (Wildman–Crippen LogP) is 3.36. The smallest absolute Gasteiger partial charge is 0.315 e. The van der Waals surface area contributed by atoms with Crippen LogP contribution in [-0.4, -0.2) is 49.7 Å². The van der Waals surface area contributed by atoms with Gasteiger partial charge in [-0.1, -0.05) is 30.3 Å². The van der Waals surface area contributed by atoms with Gasteiger partial charge < -0.3 is 15.5 Å². The van der Waals surface area contributed by atoms with E-state index in [0.717, 1.165) is 51.6 Å². The molecule has 2 N–H and O–H groups in total. The third-order valence-corrected chi connectivity index (χ3v) is 5.96. The zero-order chi connectivity index (χ0) is 20.9. The van der Waals surface area contributed by atoms with Crippen molar-refractivity contribution < 1.29 is 13.6 Å². The largest absolute Gasteiger partial charge is 0.371 e. The van der Waals surface area contributed by atoms with Crippen molar-refractivity contribution in [2.45, 2.75) is 25.4 Å². The Morgan fingerprint density at radius 2 is 1.83 bits per heavy atom. The van der Waals surface area contributed by atoms with Gasteiger partial charge in [0, 0.05) is 57.1 Å². The monoisotopic (exact) mass is 414 g/mol. The molecule has 2 aromatic rings. The SMILES string of the molecule is O=C(NC[C@H]1CCN(c2ccc(F)c(F)c2)C1)N[C@H]1CCN(Cc2ccccc2)C1. The third-order valence-electron chi connectivity index (χ3n) is 5.96. The number of halogens is 2. The van der Waals surface area contributed by atoms with Gasteiger partial charge in [0.1, 0.15) is 0 Å². The van der Waals surface area contributed by atoms with Crippen LogP contribution in [0.5, 0.6) is 0 Å². The zero-order valence-electron chi connectivity index (χ0n) is 17.0. The predicted molar refractivity (Wildman–Crippen MR) is 113 cm³/mol. The summed E-state index contributed by atoms with van der Waals surface area (Å²) >= 11 is 0. The maximum Gasteiger partial charge on any atom is 0.315 e. The number of rotatable bonds is 6. The van der Waals surface area contributed by atoms with Gasteiger partial charge >= 0.3 is 6.03 Å². The van der Waals surface area contributed by atoms with E-state index in [1.165, 1.54) is 11.6 Å². The van der Waals surface area contributed by atoms with Crippen molar-refractivity contribution in [2.75, 3.05) is 37.6 Å². The van der Waals surface area contributed by atoms with Crippen molar-refractivity contribution in [1.82, 2.24) is 15.5 Å². The molecule has 2 fully saturated rings. The van der Waals surface area contributed by atoms with E-state index in [0.29, 0.717) is 18.2 Å². The lowest BCUT2D eigenvalue weighted by Gasteiger charge is -2.20. The molecular formula is C23H28F2N4O. The molecule has 160 valence electrons. The first-order valence-corrected chi connectivity index (χ1v) is 10.6. The number of anilines is 1. The molecule has 2 amide bonds. The molecule has 0 spiro atoms. The molecule has 2 aromatic carbocycles. The quantitative estimate of drug-likeness (QED) is 0.762. The van der Waals surface area contributed by atoms with Crippen LogP contribution >= 0.6 is 0 Å².